The van der Waals surface area contributed by atoms with Crippen LogP contribution in [-0.4, -0.2) is 50.3 Å². The Morgan fingerprint density at radius 3 is 2.48 bits per heavy atom. The fourth-order valence-electron chi connectivity index (χ4n) is 4.90. The van der Waals surface area contributed by atoms with Crippen molar-refractivity contribution in [3.05, 3.63) is 69.8 Å². The van der Waals surface area contributed by atoms with Gasteiger partial charge in [0.2, 0.25) is 0 Å². The van der Waals surface area contributed by atoms with Crippen LogP contribution >= 0.6 is 7.95 Å². The van der Waals surface area contributed by atoms with E-state index in [0.717, 1.165) is 40.3 Å². The molecule has 1 heterocycles. The van der Waals surface area contributed by atoms with E-state index in [9.17, 15) is 14.2 Å². The van der Waals surface area contributed by atoms with Crippen molar-refractivity contribution in [3.63, 3.8) is 0 Å². The minimum Gasteiger partial charge on any atom is -0.493 e. The van der Waals surface area contributed by atoms with Crippen molar-refractivity contribution >= 4 is 28.0 Å². The van der Waals surface area contributed by atoms with E-state index in [4.69, 9.17) is 19.0 Å². The molecule has 0 radical (unpaired) electrons. The Labute approximate surface area is 252 Å². The highest BCUT2D eigenvalue weighted by molar-refractivity contribution is 7.42. The fraction of sp³-hybridized carbons (Fsp3) is 0.500. The number of cyclic esters (lactones) is 1. The minimum absolute atomic E-state index is 0.220. The van der Waals surface area contributed by atoms with Crippen molar-refractivity contribution < 1.29 is 33.2 Å². The first-order chi connectivity index (χ1) is 19.9. The van der Waals surface area contributed by atoms with Crippen molar-refractivity contribution in [1.82, 2.24) is 4.83 Å². The smallest absolute Gasteiger partial charge is 0.342 e. The molecule has 0 N–H and O–H groups in total. The zero-order valence-corrected chi connectivity index (χ0v) is 28.3. The summed E-state index contributed by atoms with van der Waals surface area (Å²) >= 11 is 0. The van der Waals surface area contributed by atoms with Gasteiger partial charge < -0.3 is 23.6 Å². The van der Waals surface area contributed by atoms with Crippen LogP contribution in [0, 0.1) is 6.92 Å². The van der Waals surface area contributed by atoms with Crippen LogP contribution in [0.15, 0.2) is 42.0 Å². The van der Waals surface area contributed by atoms with Crippen LogP contribution in [0.3, 0.4) is 0 Å². The second kappa shape index (κ2) is 15.0. The standard InChI is InChI=1S/C32H46NO7PSi/c1-9-26-23(4)28-20-39-32(35)29(28)30(38-18-19-42(6,7)8)27(26)17-16-22(3)21-41(36)33(24(5)31(34)37-10-2)40-25-14-12-11-13-15-25/h11-16,24,41H,9-10,17-21H2,1-8H3. The summed E-state index contributed by atoms with van der Waals surface area (Å²) < 4.78 is 30.7. The van der Waals surface area contributed by atoms with Gasteiger partial charge in [-0.1, -0.05) is 61.2 Å². The normalized spacial score (nSPS) is 14.8. The number of allylic oxidation sites excluding steroid dienone is 2. The number of ether oxygens (including phenoxy) is 3. The number of benzene rings is 2. The molecule has 1 aliphatic heterocycles. The van der Waals surface area contributed by atoms with Gasteiger partial charge in [0.1, 0.15) is 29.7 Å². The molecule has 0 bridgehead atoms. The van der Waals surface area contributed by atoms with Crippen LogP contribution in [0.1, 0.15) is 60.3 Å². The van der Waals surface area contributed by atoms with E-state index in [1.165, 1.54) is 4.83 Å². The summed E-state index contributed by atoms with van der Waals surface area (Å²) in [6, 6.07) is 9.10. The van der Waals surface area contributed by atoms with Crippen molar-refractivity contribution in [3.8, 4) is 11.5 Å². The van der Waals surface area contributed by atoms with E-state index in [1.54, 1.807) is 26.0 Å². The number of carbonyl (C=O) groups excluding carboxylic acids is 2. The molecule has 230 valence electrons. The molecule has 2 atom stereocenters. The molecular formula is C32H46NO7PSi. The third kappa shape index (κ3) is 8.59. The van der Waals surface area contributed by atoms with Gasteiger partial charge in [0, 0.05) is 25.4 Å². The van der Waals surface area contributed by atoms with Crippen LogP contribution in [-0.2, 0) is 38.3 Å². The maximum Gasteiger partial charge on any atom is 0.342 e. The molecule has 0 saturated carbocycles. The third-order valence-corrected chi connectivity index (χ3v) is 10.9. The number of fused-ring (bicyclic) bond motifs is 1. The Balaban J connectivity index is 1.90. The van der Waals surface area contributed by atoms with Crippen LogP contribution < -0.4 is 9.57 Å². The molecule has 0 saturated heterocycles. The molecule has 0 amide bonds. The minimum atomic E-state index is -2.58. The van der Waals surface area contributed by atoms with Gasteiger partial charge in [-0.05, 0) is 69.8 Å². The first-order valence-electron chi connectivity index (χ1n) is 14.7. The Hall–Kier alpha value is -2.87. The number of carbonyl (C=O) groups is 2. The Bertz CT molecular complexity index is 1320. The maximum absolute atomic E-state index is 13.7. The molecular weight excluding hydrogens is 569 g/mol. The Morgan fingerprint density at radius 2 is 1.86 bits per heavy atom. The van der Waals surface area contributed by atoms with Gasteiger partial charge in [-0.15, -0.1) is 0 Å². The van der Waals surface area contributed by atoms with Crippen molar-refractivity contribution in [2.75, 3.05) is 19.4 Å². The molecule has 42 heavy (non-hydrogen) atoms. The number of nitrogens with zero attached hydrogens (tertiary/aromatic N) is 1. The lowest BCUT2D eigenvalue weighted by Gasteiger charge is -2.26. The lowest BCUT2D eigenvalue weighted by Crippen LogP contribution is -2.38. The number of esters is 2. The predicted octanol–water partition coefficient (Wildman–Crippen LogP) is 7.16. The molecule has 10 heteroatoms. The highest BCUT2D eigenvalue weighted by Crippen LogP contribution is 2.40. The Kier molecular flexibility index (Phi) is 12.0. The molecule has 2 aromatic rings. The average Bonchev–Trinajstić information content (AvgIpc) is 3.33. The van der Waals surface area contributed by atoms with E-state index < -0.39 is 28.0 Å². The van der Waals surface area contributed by atoms with Gasteiger partial charge in [0.05, 0.1) is 13.2 Å². The van der Waals surface area contributed by atoms with Gasteiger partial charge in [0.25, 0.3) is 0 Å². The van der Waals surface area contributed by atoms with E-state index in [2.05, 4.69) is 26.6 Å². The van der Waals surface area contributed by atoms with E-state index >= 15 is 0 Å². The topological polar surface area (TPSA) is 91.4 Å². The second-order valence-corrected chi connectivity index (χ2v) is 19.0. The summed E-state index contributed by atoms with van der Waals surface area (Å²) in [7, 11) is -3.93. The summed E-state index contributed by atoms with van der Waals surface area (Å²) in [5, 5.41) is 0. The molecule has 2 unspecified atom stereocenters. The molecule has 3 rings (SSSR count). The zero-order valence-electron chi connectivity index (χ0n) is 26.3. The molecule has 1 aliphatic rings. The molecule has 8 nitrogen and oxygen atoms in total. The lowest BCUT2D eigenvalue weighted by molar-refractivity contribution is -0.153. The summed E-state index contributed by atoms with van der Waals surface area (Å²) in [6.45, 7) is 17.4. The summed E-state index contributed by atoms with van der Waals surface area (Å²) in [6.07, 6.45) is 3.55. The lowest BCUT2D eigenvalue weighted by atomic mass is 9.89. The first-order valence-corrected chi connectivity index (χ1v) is 20.0. The number of hydrogen-bond donors (Lipinski definition) is 0. The van der Waals surface area contributed by atoms with Gasteiger partial charge in [-0.2, -0.15) is 0 Å². The Morgan fingerprint density at radius 1 is 1.17 bits per heavy atom. The SMILES string of the molecule is CCOC(=O)C(C)N(Oc1ccccc1)[PH](=O)CC(C)=CCc1c(CC)c(C)c2c(c1OCC[Si](C)(C)C)C(=O)OC2. The van der Waals surface area contributed by atoms with Gasteiger partial charge in [-0.25, -0.2) is 4.79 Å². The highest BCUT2D eigenvalue weighted by Gasteiger charge is 2.33. The molecule has 0 fully saturated rings. The van der Waals surface area contributed by atoms with Crippen LogP contribution in [0.5, 0.6) is 11.5 Å². The monoisotopic (exact) mass is 615 g/mol. The largest absolute Gasteiger partial charge is 0.493 e. The fourth-order valence-corrected chi connectivity index (χ4v) is 7.14. The predicted molar refractivity (Wildman–Crippen MR) is 170 cm³/mol. The molecule has 0 aliphatic carbocycles. The first kappa shape index (κ1) is 33.6. The van der Waals surface area contributed by atoms with Crippen molar-refractivity contribution in [2.45, 2.75) is 85.8 Å². The number of para-hydroxylation sites is 1. The summed E-state index contributed by atoms with van der Waals surface area (Å²) in [5.74, 6) is 0.269. The third-order valence-electron chi connectivity index (χ3n) is 7.33. The van der Waals surface area contributed by atoms with Crippen LogP contribution in [0.4, 0.5) is 0 Å². The van der Waals surface area contributed by atoms with Crippen molar-refractivity contribution in [2.24, 2.45) is 0 Å². The van der Waals surface area contributed by atoms with Crippen LogP contribution in [0.25, 0.3) is 0 Å². The average molecular weight is 616 g/mol. The van der Waals surface area contributed by atoms with E-state index in [1.807, 2.05) is 38.1 Å². The molecule has 0 aromatic heterocycles. The van der Waals surface area contributed by atoms with E-state index in [0.29, 0.717) is 30.1 Å². The van der Waals surface area contributed by atoms with Gasteiger partial charge in [-0.3, -0.25) is 4.79 Å². The second-order valence-electron chi connectivity index (χ2n) is 11.8. The van der Waals surface area contributed by atoms with Crippen molar-refractivity contribution in [1.29, 1.82) is 0 Å². The van der Waals surface area contributed by atoms with Gasteiger partial charge in [0.15, 0.2) is 7.95 Å². The number of rotatable bonds is 15. The zero-order chi connectivity index (χ0) is 31.0. The maximum atomic E-state index is 13.7. The number of hydrogen-bond acceptors (Lipinski definition) is 7. The quantitative estimate of drug-likeness (QED) is 0.0686. The molecule has 2 aromatic carbocycles. The highest BCUT2D eigenvalue weighted by atomic mass is 31.1. The molecule has 0 spiro atoms. The summed E-state index contributed by atoms with van der Waals surface area (Å²) in [5.41, 5.74) is 5.52. The van der Waals surface area contributed by atoms with Gasteiger partial charge >= 0.3 is 11.9 Å². The number of hydroxylamine groups is 1. The van der Waals surface area contributed by atoms with Crippen LogP contribution in [0.2, 0.25) is 25.7 Å². The van der Waals surface area contributed by atoms with E-state index in [-0.39, 0.29) is 25.3 Å². The summed E-state index contributed by atoms with van der Waals surface area (Å²) in [4.78, 5) is 32.6.